The molecule has 1 atom stereocenters. The Balaban J connectivity index is 2.13. The fraction of sp³-hybridized carbons (Fsp3) is 0.333. The average Bonchev–Trinajstić information content (AvgIpc) is 2.59. The fourth-order valence-electron chi connectivity index (χ4n) is 2.76. The molecule has 4 nitrogen and oxygen atoms in total. The SMILES string of the molecule is CCC(C)c1ccc(COc2c(C)cc(C(=O)C(=O)[O-])cc2C)cc1. The van der Waals surface area contributed by atoms with Gasteiger partial charge in [0.15, 0.2) is 0 Å². The fourth-order valence-corrected chi connectivity index (χ4v) is 2.76. The number of Topliss-reactive ketones (excluding diaryl/α,β-unsaturated/α-hetero) is 1. The molecule has 0 bridgehead atoms. The maximum Gasteiger partial charge on any atom is 0.208 e. The van der Waals surface area contributed by atoms with Gasteiger partial charge in [-0.05, 0) is 60.6 Å². The number of ether oxygens (including phenoxy) is 1. The summed E-state index contributed by atoms with van der Waals surface area (Å²) in [5.74, 6) is -1.51. The molecule has 4 heteroatoms. The summed E-state index contributed by atoms with van der Waals surface area (Å²) in [6.07, 6.45) is 1.10. The summed E-state index contributed by atoms with van der Waals surface area (Å²) in [5, 5.41) is 10.7. The number of ketones is 1. The molecule has 2 aromatic rings. The van der Waals surface area contributed by atoms with Gasteiger partial charge in [-0.25, -0.2) is 0 Å². The van der Waals surface area contributed by atoms with Crippen LogP contribution in [0.15, 0.2) is 36.4 Å². The van der Waals surface area contributed by atoms with Crippen LogP contribution < -0.4 is 9.84 Å². The van der Waals surface area contributed by atoms with Gasteiger partial charge in [-0.1, -0.05) is 38.1 Å². The molecule has 132 valence electrons. The zero-order valence-electron chi connectivity index (χ0n) is 15.1. The number of rotatable bonds is 7. The van der Waals surface area contributed by atoms with Crippen molar-refractivity contribution in [3.63, 3.8) is 0 Å². The molecule has 0 saturated carbocycles. The van der Waals surface area contributed by atoms with Gasteiger partial charge < -0.3 is 14.6 Å². The Morgan fingerprint density at radius 1 is 1.08 bits per heavy atom. The van der Waals surface area contributed by atoms with E-state index in [1.165, 1.54) is 17.7 Å². The molecule has 0 aromatic heterocycles. The van der Waals surface area contributed by atoms with Crippen LogP contribution in [0.2, 0.25) is 0 Å². The van der Waals surface area contributed by atoms with Crippen molar-refractivity contribution in [3.05, 3.63) is 64.2 Å². The molecule has 0 radical (unpaired) electrons. The number of benzene rings is 2. The van der Waals surface area contributed by atoms with Crippen molar-refractivity contribution in [2.45, 2.75) is 46.6 Å². The first-order valence-corrected chi connectivity index (χ1v) is 8.42. The van der Waals surface area contributed by atoms with E-state index in [-0.39, 0.29) is 5.56 Å². The molecular formula is C21H23O4-. The quantitative estimate of drug-likeness (QED) is 0.573. The maximum atomic E-state index is 11.5. The summed E-state index contributed by atoms with van der Waals surface area (Å²) in [6, 6.07) is 11.4. The molecule has 0 fully saturated rings. The highest BCUT2D eigenvalue weighted by Crippen LogP contribution is 2.26. The van der Waals surface area contributed by atoms with E-state index < -0.39 is 11.8 Å². The number of hydrogen-bond donors (Lipinski definition) is 0. The van der Waals surface area contributed by atoms with Crippen molar-refractivity contribution in [2.75, 3.05) is 0 Å². The smallest absolute Gasteiger partial charge is 0.208 e. The van der Waals surface area contributed by atoms with Gasteiger partial charge in [0.05, 0.1) is 0 Å². The molecule has 0 saturated heterocycles. The van der Waals surface area contributed by atoms with E-state index in [0.717, 1.165) is 23.1 Å². The zero-order valence-corrected chi connectivity index (χ0v) is 15.1. The van der Waals surface area contributed by atoms with Crippen molar-refractivity contribution >= 4 is 11.8 Å². The summed E-state index contributed by atoms with van der Waals surface area (Å²) in [5.41, 5.74) is 3.92. The van der Waals surface area contributed by atoms with Crippen molar-refractivity contribution < 1.29 is 19.4 Å². The maximum absolute atomic E-state index is 11.5. The van der Waals surface area contributed by atoms with E-state index in [1.807, 2.05) is 0 Å². The van der Waals surface area contributed by atoms with E-state index in [4.69, 9.17) is 4.74 Å². The second-order valence-corrected chi connectivity index (χ2v) is 6.40. The van der Waals surface area contributed by atoms with Gasteiger partial charge in [0.25, 0.3) is 0 Å². The van der Waals surface area contributed by atoms with E-state index in [2.05, 4.69) is 38.1 Å². The molecule has 0 aliphatic carbocycles. The normalized spacial score (nSPS) is 11.8. The first-order valence-electron chi connectivity index (χ1n) is 8.42. The Kier molecular flexibility index (Phi) is 5.97. The highest BCUT2D eigenvalue weighted by molar-refractivity contribution is 6.39. The lowest BCUT2D eigenvalue weighted by molar-refractivity contribution is -0.296. The number of carboxylic acid groups (broad SMARTS) is 1. The lowest BCUT2D eigenvalue weighted by Gasteiger charge is -2.15. The zero-order chi connectivity index (χ0) is 18.6. The minimum atomic E-state index is -1.70. The molecule has 0 aliphatic rings. The minimum absolute atomic E-state index is 0.111. The standard InChI is InChI=1S/C21H24O4/c1-5-13(2)17-8-6-16(7-9-17)12-25-20-14(3)10-18(11-15(20)4)19(22)21(23)24/h6-11,13H,5,12H2,1-4H3,(H,23,24)/p-1. The number of hydrogen-bond acceptors (Lipinski definition) is 4. The van der Waals surface area contributed by atoms with Gasteiger partial charge in [0, 0.05) is 5.56 Å². The second-order valence-electron chi connectivity index (χ2n) is 6.40. The molecule has 25 heavy (non-hydrogen) atoms. The molecule has 0 spiro atoms. The third kappa shape index (κ3) is 4.47. The van der Waals surface area contributed by atoms with E-state index in [1.54, 1.807) is 13.8 Å². The summed E-state index contributed by atoms with van der Waals surface area (Å²) < 4.78 is 5.90. The Bertz CT molecular complexity index is 752. The van der Waals surface area contributed by atoms with Gasteiger partial charge in [-0.3, -0.25) is 4.79 Å². The number of aryl methyl sites for hydroxylation is 2. The average molecular weight is 339 g/mol. The van der Waals surface area contributed by atoms with Gasteiger partial charge in [-0.2, -0.15) is 0 Å². The van der Waals surface area contributed by atoms with Crippen LogP contribution in [-0.4, -0.2) is 11.8 Å². The predicted molar refractivity (Wildman–Crippen MR) is 94.7 cm³/mol. The van der Waals surface area contributed by atoms with Crippen molar-refractivity contribution in [3.8, 4) is 5.75 Å². The molecule has 2 rings (SSSR count). The van der Waals surface area contributed by atoms with Crippen LogP contribution in [-0.2, 0) is 11.4 Å². The van der Waals surface area contributed by atoms with Crippen LogP contribution in [0.4, 0.5) is 0 Å². The van der Waals surface area contributed by atoms with Crippen LogP contribution >= 0.6 is 0 Å². The third-order valence-corrected chi connectivity index (χ3v) is 4.45. The van der Waals surface area contributed by atoms with E-state index in [9.17, 15) is 14.7 Å². The first kappa shape index (κ1) is 18.7. The highest BCUT2D eigenvalue weighted by Gasteiger charge is 2.13. The topological polar surface area (TPSA) is 66.4 Å². The van der Waals surface area contributed by atoms with Crippen molar-refractivity contribution in [1.29, 1.82) is 0 Å². The van der Waals surface area contributed by atoms with E-state index in [0.29, 0.717) is 18.3 Å². The summed E-state index contributed by atoms with van der Waals surface area (Å²) in [4.78, 5) is 22.3. The van der Waals surface area contributed by atoms with Crippen LogP contribution in [0.3, 0.4) is 0 Å². The van der Waals surface area contributed by atoms with Crippen LogP contribution in [0.1, 0.15) is 58.8 Å². The Morgan fingerprint density at radius 3 is 2.12 bits per heavy atom. The Labute approximate surface area is 148 Å². The first-order chi connectivity index (χ1) is 11.8. The predicted octanol–water partition coefficient (Wildman–Crippen LogP) is 3.33. The van der Waals surface area contributed by atoms with Crippen molar-refractivity contribution in [2.24, 2.45) is 0 Å². The Hall–Kier alpha value is -2.62. The monoisotopic (exact) mass is 339 g/mol. The number of carbonyl (C=O) groups excluding carboxylic acids is 2. The molecule has 2 aromatic carbocycles. The Morgan fingerprint density at radius 2 is 1.64 bits per heavy atom. The van der Waals surface area contributed by atoms with Crippen LogP contribution in [0, 0.1) is 13.8 Å². The number of aliphatic carboxylic acids is 1. The number of carbonyl (C=O) groups is 2. The van der Waals surface area contributed by atoms with Gasteiger partial charge in [-0.15, -0.1) is 0 Å². The van der Waals surface area contributed by atoms with Crippen LogP contribution in [0.5, 0.6) is 5.75 Å². The van der Waals surface area contributed by atoms with Crippen molar-refractivity contribution in [1.82, 2.24) is 0 Å². The minimum Gasteiger partial charge on any atom is -0.541 e. The van der Waals surface area contributed by atoms with Crippen LogP contribution in [0.25, 0.3) is 0 Å². The third-order valence-electron chi connectivity index (χ3n) is 4.45. The molecule has 0 heterocycles. The lowest BCUT2D eigenvalue weighted by Crippen LogP contribution is -2.31. The molecule has 0 amide bonds. The summed E-state index contributed by atoms with van der Waals surface area (Å²) >= 11 is 0. The van der Waals surface area contributed by atoms with Gasteiger partial charge >= 0.3 is 0 Å². The largest absolute Gasteiger partial charge is 0.541 e. The molecule has 0 N–H and O–H groups in total. The lowest BCUT2D eigenvalue weighted by atomic mass is 9.98. The molecule has 1 unspecified atom stereocenters. The second kappa shape index (κ2) is 7.97. The molecule has 0 aliphatic heterocycles. The number of carboxylic acids is 1. The highest BCUT2D eigenvalue weighted by atomic mass is 16.5. The van der Waals surface area contributed by atoms with Gasteiger partial charge in [0.2, 0.25) is 5.78 Å². The van der Waals surface area contributed by atoms with E-state index >= 15 is 0 Å². The summed E-state index contributed by atoms with van der Waals surface area (Å²) in [6.45, 7) is 8.37. The van der Waals surface area contributed by atoms with Gasteiger partial charge in [0.1, 0.15) is 18.3 Å². The molecular weight excluding hydrogens is 316 g/mol. The summed E-state index contributed by atoms with van der Waals surface area (Å²) in [7, 11) is 0.